The quantitative estimate of drug-likeness (QED) is 0.841. The van der Waals surface area contributed by atoms with Gasteiger partial charge in [0.2, 0.25) is 10.0 Å². The first-order chi connectivity index (χ1) is 9.94. The molecule has 0 unspecified atom stereocenters. The maximum Gasteiger partial charge on any atom is 0.216 e. The van der Waals surface area contributed by atoms with Gasteiger partial charge >= 0.3 is 0 Å². The second-order valence-electron chi connectivity index (χ2n) is 5.62. The fourth-order valence-electron chi connectivity index (χ4n) is 2.56. The smallest absolute Gasteiger partial charge is 0.216 e. The standard InChI is InChI=1S/C15H22FNO3S/c1-12(7-8-15-6-3-9-20-15)17-21(18,19)11-13-4-2-5-14(16)10-13/h2,4-5,10,12,15,17H,3,6-9,11H2,1H3/t12-,15-/m1/s1. The van der Waals surface area contributed by atoms with Crippen LogP contribution in [0.4, 0.5) is 4.39 Å². The van der Waals surface area contributed by atoms with Gasteiger partial charge in [0, 0.05) is 12.6 Å². The van der Waals surface area contributed by atoms with Crippen LogP contribution in [0.15, 0.2) is 24.3 Å². The molecule has 2 rings (SSSR count). The first-order valence-corrected chi connectivity index (χ1v) is 8.96. The number of nitrogens with one attached hydrogen (secondary N) is 1. The maximum absolute atomic E-state index is 13.1. The molecule has 1 aliphatic heterocycles. The molecular weight excluding hydrogens is 293 g/mol. The van der Waals surface area contributed by atoms with Crippen molar-refractivity contribution < 1.29 is 17.5 Å². The van der Waals surface area contributed by atoms with Gasteiger partial charge in [-0.3, -0.25) is 0 Å². The molecule has 0 bridgehead atoms. The van der Waals surface area contributed by atoms with Gasteiger partial charge in [-0.15, -0.1) is 0 Å². The normalized spacial score (nSPS) is 20.6. The van der Waals surface area contributed by atoms with Crippen LogP contribution in [0.2, 0.25) is 0 Å². The highest BCUT2D eigenvalue weighted by molar-refractivity contribution is 7.88. The van der Waals surface area contributed by atoms with Crippen molar-refractivity contribution in [2.24, 2.45) is 0 Å². The van der Waals surface area contributed by atoms with Crippen LogP contribution in [0, 0.1) is 5.82 Å². The zero-order chi connectivity index (χ0) is 15.3. The van der Waals surface area contributed by atoms with Crippen LogP contribution in [-0.4, -0.2) is 27.2 Å². The van der Waals surface area contributed by atoms with E-state index in [1.807, 2.05) is 6.92 Å². The number of benzene rings is 1. The number of halogens is 1. The Bertz CT molecular complexity index is 556. The monoisotopic (exact) mass is 315 g/mol. The Morgan fingerprint density at radius 1 is 1.48 bits per heavy atom. The molecule has 0 spiro atoms. The van der Waals surface area contributed by atoms with E-state index in [1.54, 1.807) is 6.07 Å². The maximum atomic E-state index is 13.1. The van der Waals surface area contributed by atoms with E-state index in [1.165, 1.54) is 18.2 Å². The summed E-state index contributed by atoms with van der Waals surface area (Å²) in [4.78, 5) is 0. The SMILES string of the molecule is C[C@H](CC[C@H]1CCCO1)NS(=O)(=O)Cc1cccc(F)c1. The molecule has 21 heavy (non-hydrogen) atoms. The van der Waals surface area contributed by atoms with E-state index >= 15 is 0 Å². The lowest BCUT2D eigenvalue weighted by molar-refractivity contribution is 0.101. The van der Waals surface area contributed by atoms with E-state index in [2.05, 4.69) is 4.72 Å². The molecule has 1 heterocycles. The molecule has 0 radical (unpaired) electrons. The summed E-state index contributed by atoms with van der Waals surface area (Å²) in [6.45, 7) is 2.66. The summed E-state index contributed by atoms with van der Waals surface area (Å²) in [5.41, 5.74) is 0.453. The Kier molecular flexibility index (Phi) is 5.72. The summed E-state index contributed by atoms with van der Waals surface area (Å²) >= 11 is 0. The van der Waals surface area contributed by atoms with E-state index < -0.39 is 15.8 Å². The lowest BCUT2D eigenvalue weighted by atomic mass is 10.1. The van der Waals surface area contributed by atoms with Crippen LogP contribution in [0.3, 0.4) is 0 Å². The lowest BCUT2D eigenvalue weighted by Crippen LogP contribution is -2.34. The van der Waals surface area contributed by atoms with Crippen molar-refractivity contribution in [2.75, 3.05) is 6.61 Å². The molecule has 1 N–H and O–H groups in total. The van der Waals surface area contributed by atoms with E-state index in [0.29, 0.717) is 5.56 Å². The molecule has 1 aliphatic rings. The molecular formula is C15H22FNO3S. The molecule has 1 aromatic carbocycles. The van der Waals surface area contributed by atoms with Crippen molar-refractivity contribution in [2.45, 2.75) is 50.5 Å². The summed E-state index contributed by atoms with van der Waals surface area (Å²) in [5.74, 6) is -0.621. The average Bonchev–Trinajstić information content (AvgIpc) is 2.88. The van der Waals surface area contributed by atoms with E-state index in [-0.39, 0.29) is 17.9 Å². The van der Waals surface area contributed by atoms with Crippen molar-refractivity contribution >= 4 is 10.0 Å². The van der Waals surface area contributed by atoms with Gasteiger partial charge in [-0.25, -0.2) is 17.5 Å². The number of sulfonamides is 1. The Labute approximate surface area is 125 Å². The van der Waals surface area contributed by atoms with Gasteiger partial charge in [0.25, 0.3) is 0 Å². The van der Waals surface area contributed by atoms with Crippen LogP contribution in [0.5, 0.6) is 0 Å². The summed E-state index contributed by atoms with van der Waals surface area (Å²) in [6, 6.07) is 5.53. The Morgan fingerprint density at radius 2 is 2.29 bits per heavy atom. The Balaban J connectivity index is 1.82. The van der Waals surface area contributed by atoms with Crippen LogP contribution >= 0.6 is 0 Å². The zero-order valence-corrected chi connectivity index (χ0v) is 13.0. The third-order valence-corrected chi connectivity index (χ3v) is 5.05. The fraction of sp³-hybridized carbons (Fsp3) is 0.600. The zero-order valence-electron chi connectivity index (χ0n) is 12.2. The second-order valence-corrected chi connectivity index (χ2v) is 7.37. The van der Waals surface area contributed by atoms with Crippen molar-refractivity contribution in [3.8, 4) is 0 Å². The minimum absolute atomic E-state index is 0.146. The fourth-order valence-corrected chi connectivity index (χ4v) is 3.99. The van der Waals surface area contributed by atoms with Crippen LogP contribution in [-0.2, 0) is 20.5 Å². The Hall–Kier alpha value is -0.980. The third kappa shape index (κ3) is 5.73. The van der Waals surface area contributed by atoms with Crippen molar-refractivity contribution in [1.29, 1.82) is 0 Å². The number of rotatable bonds is 7. The minimum Gasteiger partial charge on any atom is -0.378 e. The van der Waals surface area contributed by atoms with Gasteiger partial charge in [-0.2, -0.15) is 0 Å². The van der Waals surface area contributed by atoms with Crippen molar-refractivity contribution in [3.05, 3.63) is 35.6 Å². The van der Waals surface area contributed by atoms with Crippen molar-refractivity contribution in [1.82, 2.24) is 4.72 Å². The molecule has 1 aromatic rings. The summed E-state index contributed by atoms with van der Waals surface area (Å²) < 4.78 is 45.3. The van der Waals surface area contributed by atoms with Crippen molar-refractivity contribution in [3.63, 3.8) is 0 Å². The minimum atomic E-state index is -3.45. The average molecular weight is 315 g/mol. The number of ether oxygens (including phenoxy) is 1. The van der Waals surface area contributed by atoms with Gasteiger partial charge in [0.05, 0.1) is 11.9 Å². The van der Waals surface area contributed by atoms with Gasteiger partial charge in [-0.1, -0.05) is 12.1 Å². The van der Waals surface area contributed by atoms with Gasteiger partial charge in [-0.05, 0) is 50.3 Å². The number of hydrogen-bond acceptors (Lipinski definition) is 3. The van der Waals surface area contributed by atoms with Crippen LogP contribution in [0.25, 0.3) is 0 Å². The predicted molar refractivity (Wildman–Crippen MR) is 79.8 cm³/mol. The summed E-state index contributed by atoms with van der Waals surface area (Å²) in [6.07, 6.45) is 4.02. The molecule has 6 heteroatoms. The lowest BCUT2D eigenvalue weighted by Gasteiger charge is -2.16. The predicted octanol–water partition coefficient (Wildman–Crippen LogP) is 2.59. The molecule has 0 aromatic heterocycles. The van der Waals surface area contributed by atoms with Gasteiger partial charge < -0.3 is 4.74 Å². The van der Waals surface area contributed by atoms with E-state index in [0.717, 1.165) is 32.3 Å². The van der Waals surface area contributed by atoms with E-state index in [9.17, 15) is 12.8 Å². The molecule has 4 nitrogen and oxygen atoms in total. The summed E-state index contributed by atoms with van der Waals surface area (Å²) in [5, 5.41) is 0. The first kappa shape index (κ1) is 16.4. The van der Waals surface area contributed by atoms with E-state index in [4.69, 9.17) is 4.74 Å². The highest BCUT2D eigenvalue weighted by atomic mass is 32.2. The molecule has 1 saturated heterocycles. The topological polar surface area (TPSA) is 55.4 Å². The summed E-state index contributed by atoms with van der Waals surface area (Å²) in [7, 11) is -3.45. The molecule has 2 atom stereocenters. The molecule has 1 fully saturated rings. The first-order valence-electron chi connectivity index (χ1n) is 7.31. The van der Waals surface area contributed by atoms with Gasteiger partial charge in [0.1, 0.15) is 5.82 Å². The highest BCUT2D eigenvalue weighted by Crippen LogP contribution is 2.18. The highest BCUT2D eigenvalue weighted by Gasteiger charge is 2.19. The van der Waals surface area contributed by atoms with Gasteiger partial charge in [0.15, 0.2) is 0 Å². The second kappa shape index (κ2) is 7.33. The third-order valence-electron chi connectivity index (χ3n) is 3.57. The molecule has 0 aliphatic carbocycles. The number of hydrogen-bond donors (Lipinski definition) is 1. The van der Waals surface area contributed by atoms with Crippen LogP contribution in [0.1, 0.15) is 38.2 Å². The van der Waals surface area contributed by atoms with Crippen LogP contribution < -0.4 is 4.72 Å². The Morgan fingerprint density at radius 3 is 2.95 bits per heavy atom. The molecule has 0 amide bonds. The molecule has 118 valence electrons. The molecule has 0 saturated carbocycles. The largest absolute Gasteiger partial charge is 0.378 e.